The number of aromatic nitrogens is 3. The van der Waals surface area contributed by atoms with Crippen molar-refractivity contribution in [1.82, 2.24) is 15.2 Å². The van der Waals surface area contributed by atoms with Crippen molar-refractivity contribution in [1.29, 1.82) is 0 Å². The van der Waals surface area contributed by atoms with Crippen LogP contribution in [0.2, 0.25) is 0 Å². The normalized spacial score (nSPS) is 11.0. The predicted octanol–water partition coefficient (Wildman–Crippen LogP) is 3.36. The molecule has 2 aromatic carbocycles. The van der Waals surface area contributed by atoms with Gasteiger partial charge < -0.3 is 10.1 Å². The number of fused-ring (bicyclic) bond motifs is 2. The fourth-order valence-electron chi connectivity index (χ4n) is 2.53. The van der Waals surface area contributed by atoms with Gasteiger partial charge in [0.1, 0.15) is 5.75 Å². The van der Waals surface area contributed by atoms with Crippen molar-refractivity contribution in [2.75, 3.05) is 12.4 Å². The molecule has 0 unspecified atom stereocenters. The van der Waals surface area contributed by atoms with E-state index >= 15 is 0 Å². The van der Waals surface area contributed by atoms with Crippen LogP contribution in [0.25, 0.3) is 21.1 Å². The molecule has 0 aliphatic heterocycles. The van der Waals surface area contributed by atoms with Gasteiger partial charge in [0.05, 0.1) is 35.5 Å². The summed E-state index contributed by atoms with van der Waals surface area (Å²) >= 11 is 1.43. The minimum absolute atomic E-state index is 0.0973. The molecule has 4 rings (SSSR count). The Balaban J connectivity index is 1.50. The van der Waals surface area contributed by atoms with Crippen LogP contribution in [0.15, 0.2) is 42.6 Å². The number of hydrogen-bond donors (Lipinski definition) is 2. The summed E-state index contributed by atoms with van der Waals surface area (Å²) in [5.74, 6) is 0.678. The molecule has 7 heteroatoms. The number of rotatable bonds is 4. The van der Waals surface area contributed by atoms with E-state index in [1.54, 1.807) is 13.3 Å². The second-order valence-corrected chi connectivity index (χ2v) is 6.40. The number of amides is 1. The smallest absolute Gasteiger partial charge is 0.230 e. The fourth-order valence-corrected chi connectivity index (χ4v) is 3.44. The van der Waals surface area contributed by atoms with E-state index in [-0.39, 0.29) is 12.3 Å². The van der Waals surface area contributed by atoms with Crippen molar-refractivity contribution < 1.29 is 9.53 Å². The van der Waals surface area contributed by atoms with Crippen molar-refractivity contribution in [3.8, 4) is 5.75 Å². The van der Waals surface area contributed by atoms with E-state index in [2.05, 4.69) is 20.5 Å². The third-order valence-corrected chi connectivity index (χ3v) is 4.65. The lowest BCUT2D eigenvalue weighted by atomic mass is 10.1. The lowest BCUT2D eigenvalue weighted by Crippen LogP contribution is -2.14. The molecule has 2 aromatic heterocycles. The molecule has 0 aliphatic carbocycles. The van der Waals surface area contributed by atoms with E-state index in [9.17, 15) is 4.79 Å². The standard InChI is InChI=1S/C17H14N4O2S/c1-23-12-4-5-13-15(8-12)24-17(19-13)20-16(22)7-10-2-3-11-9-18-21-14(11)6-10/h2-6,8-9H,7H2,1H3,(H,18,21)(H,19,20,22). The fraction of sp³-hybridized carbons (Fsp3) is 0.118. The van der Waals surface area contributed by atoms with Gasteiger partial charge in [-0.15, -0.1) is 0 Å². The van der Waals surface area contributed by atoms with Gasteiger partial charge in [0, 0.05) is 5.39 Å². The van der Waals surface area contributed by atoms with E-state index in [0.717, 1.165) is 32.4 Å². The number of thiazole rings is 1. The number of hydrogen-bond acceptors (Lipinski definition) is 5. The van der Waals surface area contributed by atoms with Crippen molar-refractivity contribution in [2.45, 2.75) is 6.42 Å². The number of methoxy groups -OCH3 is 1. The molecular weight excluding hydrogens is 324 g/mol. The molecule has 0 aliphatic rings. The van der Waals surface area contributed by atoms with Crippen LogP contribution < -0.4 is 10.1 Å². The molecule has 120 valence electrons. The average Bonchev–Trinajstić information content (AvgIpc) is 3.19. The van der Waals surface area contributed by atoms with Crippen LogP contribution in [0.1, 0.15) is 5.56 Å². The van der Waals surface area contributed by atoms with Crippen LogP contribution in [-0.2, 0) is 11.2 Å². The molecule has 6 nitrogen and oxygen atoms in total. The lowest BCUT2D eigenvalue weighted by Gasteiger charge is -2.02. The van der Waals surface area contributed by atoms with Gasteiger partial charge in [0.2, 0.25) is 5.91 Å². The monoisotopic (exact) mass is 338 g/mol. The van der Waals surface area contributed by atoms with Gasteiger partial charge >= 0.3 is 0 Å². The number of H-pyrrole nitrogens is 1. The first-order chi connectivity index (χ1) is 11.7. The highest BCUT2D eigenvalue weighted by Crippen LogP contribution is 2.29. The summed E-state index contributed by atoms with van der Waals surface area (Å²) in [5.41, 5.74) is 2.69. The molecule has 0 radical (unpaired) electrons. The number of carbonyl (C=O) groups excluding carboxylic acids is 1. The van der Waals surface area contributed by atoms with Crippen LogP contribution >= 0.6 is 11.3 Å². The highest BCUT2D eigenvalue weighted by atomic mass is 32.1. The topological polar surface area (TPSA) is 79.9 Å². The number of benzene rings is 2. The van der Waals surface area contributed by atoms with E-state index in [4.69, 9.17) is 4.74 Å². The summed E-state index contributed by atoms with van der Waals surface area (Å²) in [4.78, 5) is 16.7. The Hall–Kier alpha value is -2.93. The maximum Gasteiger partial charge on any atom is 0.230 e. The summed E-state index contributed by atoms with van der Waals surface area (Å²) < 4.78 is 6.18. The Bertz CT molecular complexity index is 1040. The largest absolute Gasteiger partial charge is 0.497 e. The minimum Gasteiger partial charge on any atom is -0.497 e. The molecule has 0 spiro atoms. The molecule has 2 N–H and O–H groups in total. The Morgan fingerprint density at radius 2 is 2.21 bits per heavy atom. The lowest BCUT2D eigenvalue weighted by molar-refractivity contribution is -0.115. The van der Waals surface area contributed by atoms with Gasteiger partial charge in [0.25, 0.3) is 0 Å². The third kappa shape index (κ3) is 2.81. The highest BCUT2D eigenvalue weighted by Gasteiger charge is 2.10. The number of carbonyl (C=O) groups is 1. The summed E-state index contributed by atoms with van der Waals surface area (Å²) in [7, 11) is 1.63. The first kappa shape index (κ1) is 14.6. The molecule has 24 heavy (non-hydrogen) atoms. The molecule has 1 amide bonds. The van der Waals surface area contributed by atoms with Crippen LogP contribution in [-0.4, -0.2) is 28.2 Å². The molecular formula is C17H14N4O2S. The van der Waals surface area contributed by atoms with E-state index < -0.39 is 0 Å². The van der Waals surface area contributed by atoms with E-state index in [1.165, 1.54) is 11.3 Å². The van der Waals surface area contributed by atoms with Gasteiger partial charge in [-0.2, -0.15) is 5.10 Å². The Kier molecular flexibility index (Phi) is 3.62. The zero-order chi connectivity index (χ0) is 16.5. The molecule has 0 fully saturated rings. The second-order valence-electron chi connectivity index (χ2n) is 5.37. The van der Waals surface area contributed by atoms with Crippen LogP contribution in [0.5, 0.6) is 5.75 Å². The van der Waals surface area contributed by atoms with Gasteiger partial charge in [-0.1, -0.05) is 23.5 Å². The zero-order valence-electron chi connectivity index (χ0n) is 12.9. The quantitative estimate of drug-likeness (QED) is 0.598. The van der Waals surface area contributed by atoms with Crippen LogP contribution in [0.4, 0.5) is 5.13 Å². The molecule has 0 bridgehead atoms. The summed E-state index contributed by atoms with van der Waals surface area (Å²) in [6, 6.07) is 11.5. The van der Waals surface area contributed by atoms with E-state index in [0.29, 0.717) is 5.13 Å². The van der Waals surface area contributed by atoms with Crippen LogP contribution in [0, 0.1) is 0 Å². The summed E-state index contributed by atoms with van der Waals surface area (Å²) in [5, 5.41) is 11.4. The van der Waals surface area contributed by atoms with Gasteiger partial charge in [-0.3, -0.25) is 9.89 Å². The summed E-state index contributed by atoms with van der Waals surface area (Å²) in [6.07, 6.45) is 2.04. The number of nitrogens with one attached hydrogen (secondary N) is 2. The maximum atomic E-state index is 12.3. The molecule has 0 saturated carbocycles. The van der Waals surface area contributed by atoms with Crippen molar-refractivity contribution >= 4 is 43.5 Å². The average molecular weight is 338 g/mol. The minimum atomic E-state index is -0.0973. The van der Waals surface area contributed by atoms with Crippen LogP contribution in [0.3, 0.4) is 0 Å². The molecule has 0 atom stereocenters. The Labute approximate surface area is 141 Å². The first-order valence-corrected chi connectivity index (χ1v) is 8.19. The van der Waals surface area contributed by atoms with Gasteiger partial charge in [0.15, 0.2) is 5.13 Å². The Morgan fingerprint density at radius 1 is 1.29 bits per heavy atom. The SMILES string of the molecule is COc1ccc2nc(NC(=O)Cc3ccc4cn[nH]c4c3)sc2c1. The zero-order valence-corrected chi connectivity index (χ0v) is 13.7. The number of nitrogens with zero attached hydrogens (tertiary/aromatic N) is 2. The first-order valence-electron chi connectivity index (χ1n) is 7.38. The van der Waals surface area contributed by atoms with E-state index in [1.807, 2.05) is 36.4 Å². The molecule has 0 saturated heterocycles. The second kappa shape index (κ2) is 5.93. The van der Waals surface area contributed by atoms with Crippen molar-refractivity contribution in [3.63, 3.8) is 0 Å². The predicted molar refractivity (Wildman–Crippen MR) is 94.6 cm³/mol. The van der Waals surface area contributed by atoms with Crippen molar-refractivity contribution in [2.24, 2.45) is 0 Å². The maximum absolute atomic E-state index is 12.3. The number of anilines is 1. The van der Waals surface area contributed by atoms with Gasteiger partial charge in [-0.25, -0.2) is 4.98 Å². The molecule has 2 heterocycles. The molecule has 4 aromatic rings. The third-order valence-electron chi connectivity index (χ3n) is 3.71. The summed E-state index contributed by atoms with van der Waals surface area (Å²) in [6.45, 7) is 0. The Morgan fingerprint density at radius 3 is 3.08 bits per heavy atom. The van der Waals surface area contributed by atoms with Gasteiger partial charge in [-0.05, 0) is 29.8 Å². The highest BCUT2D eigenvalue weighted by molar-refractivity contribution is 7.22. The number of aromatic amines is 1. The van der Waals surface area contributed by atoms with Crippen molar-refractivity contribution in [3.05, 3.63) is 48.2 Å². The number of ether oxygens (including phenoxy) is 1.